The second kappa shape index (κ2) is 6.60. The number of carbonyl (C=O) groups excluding carboxylic acids is 1. The first-order valence-electron chi connectivity index (χ1n) is 8.26. The van der Waals surface area contributed by atoms with E-state index in [0.29, 0.717) is 18.1 Å². The molecule has 0 heterocycles. The molecule has 0 aromatic heterocycles. The summed E-state index contributed by atoms with van der Waals surface area (Å²) >= 11 is 0. The summed E-state index contributed by atoms with van der Waals surface area (Å²) in [6, 6.07) is 4.50. The third kappa shape index (κ3) is 3.45. The summed E-state index contributed by atoms with van der Waals surface area (Å²) in [4.78, 5) is 12.8. The van der Waals surface area contributed by atoms with Gasteiger partial charge >= 0.3 is 0 Å². The van der Waals surface area contributed by atoms with Crippen molar-refractivity contribution in [3.63, 3.8) is 0 Å². The molecule has 1 aliphatic carbocycles. The Balaban J connectivity index is 2.26. The average Bonchev–Trinajstić information content (AvgIpc) is 2.78. The fourth-order valence-electron chi connectivity index (χ4n) is 3.76. The van der Waals surface area contributed by atoms with E-state index in [1.807, 2.05) is 0 Å². The number of benzene rings is 1. The SMILES string of the molecule is C=C1CC(C)C(C(=O)Cc2c(CC)cc(C)cc2CC)C1. The van der Waals surface area contributed by atoms with Gasteiger partial charge in [0.2, 0.25) is 0 Å². The maximum absolute atomic E-state index is 12.8. The van der Waals surface area contributed by atoms with Crippen LogP contribution in [-0.4, -0.2) is 5.78 Å². The van der Waals surface area contributed by atoms with Gasteiger partial charge in [0.1, 0.15) is 5.78 Å². The first kappa shape index (κ1) is 16.0. The van der Waals surface area contributed by atoms with Crippen LogP contribution in [0.5, 0.6) is 0 Å². The summed E-state index contributed by atoms with van der Waals surface area (Å²) in [6.07, 6.45) is 4.53. The summed E-state index contributed by atoms with van der Waals surface area (Å²) in [5, 5.41) is 0. The normalized spacial score (nSPS) is 21.8. The van der Waals surface area contributed by atoms with Gasteiger partial charge in [-0.2, -0.15) is 0 Å². The molecule has 1 aromatic carbocycles. The summed E-state index contributed by atoms with van der Waals surface area (Å²) in [6.45, 7) is 12.8. The average molecular weight is 284 g/mol. The van der Waals surface area contributed by atoms with E-state index in [1.165, 1.54) is 27.8 Å². The van der Waals surface area contributed by atoms with E-state index < -0.39 is 0 Å². The lowest BCUT2D eigenvalue weighted by Gasteiger charge is -2.18. The third-order valence-electron chi connectivity index (χ3n) is 4.91. The molecule has 2 rings (SSSR count). The van der Waals surface area contributed by atoms with Gasteiger partial charge in [0.25, 0.3) is 0 Å². The van der Waals surface area contributed by atoms with E-state index in [2.05, 4.69) is 46.4 Å². The lowest BCUT2D eigenvalue weighted by atomic mass is 9.85. The van der Waals surface area contributed by atoms with Gasteiger partial charge in [-0.3, -0.25) is 4.79 Å². The number of ketones is 1. The van der Waals surface area contributed by atoms with Crippen molar-refractivity contribution in [3.8, 4) is 0 Å². The fourth-order valence-corrected chi connectivity index (χ4v) is 3.76. The molecule has 1 aromatic rings. The third-order valence-corrected chi connectivity index (χ3v) is 4.91. The molecule has 0 aliphatic heterocycles. The van der Waals surface area contributed by atoms with Crippen LogP contribution in [0.2, 0.25) is 0 Å². The van der Waals surface area contributed by atoms with Crippen molar-refractivity contribution in [1.82, 2.24) is 0 Å². The van der Waals surface area contributed by atoms with Crippen molar-refractivity contribution in [2.45, 2.75) is 59.8 Å². The van der Waals surface area contributed by atoms with E-state index in [0.717, 1.165) is 25.7 Å². The smallest absolute Gasteiger partial charge is 0.140 e. The van der Waals surface area contributed by atoms with Gasteiger partial charge in [-0.25, -0.2) is 0 Å². The van der Waals surface area contributed by atoms with Gasteiger partial charge in [-0.15, -0.1) is 0 Å². The molecule has 0 amide bonds. The molecule has 1 aliphatic rings. The highest BCUT2D eigenvalue weighted by molar-refractivity contribution is 5.85. The quantitative estimate of drug-likeness (QED) is 0.707. The van der Waals surface area contributed by atoms with E-state index in [-0.39, 0.29) is 5.92 Å². The van der Waals surface area contributed by atoms with E-state index in [9.17, 15) is 4.79 Å². The number of hydrogen-bond donors (Lipinski definition) is 0. The van der Waals surface area contributed by atoms with Crippen LogP contribution >= 0.6 is 0 Å². The van der Waals surface area contributed by atoms with Gasteiger partial charge in [0.15, 0.2) is 0 Å². The summed E-state index contributed by atoms with van der Waals surface area (Å²) in [7, 11) is 0. The number of allylic oxidation sites excluding steroid dienone is 1. The van der Waals surface area contributed by atoms with Crippen molar-refractivity contribution < 1.29 is 4.79 Å². The monoisotopic (exact) mass is 284 g/mol. The highest BCUT2D eigenvalue weighted by Crippen LogP contribution is 2.36. The Morgan fingerprint density at radius 2 is 1.76 bits per heavy atom. The van der Waals surface area contributed by atoms with Gasteiger partial charge in [0.05, 0.1) is 0 Å². The predicted molar refractivity (Wildman–Crippen MR) is 89.7 cm³/mol. The summed E-state index contributed by atoms with van der Waals surface area (Å²) < 4.78 is 0. The Kier molecular flexibility index (Phi) is 5.03. The van der Waals surface area contributed by atoms with E-state index in [1.54, 1.807) is 0 Å². The molecule has 0 spiro atoms. The van der Waals surface area contributed by atoms with Gasteiger partial charge in [0, 0.05) is 12.3 Å². The molecule has 2 atom stereocenters. The maximum Gasteiger partial charge on any atom is 0.140 e. The van der Waals surface area contributed by atoms with Crippen molar-refractivity contribution in [1.29, 1.82) is 0 Å². The number of rotatable bonds is 5. The Hall–Kier alpha value is -1.37. The van der Waals surface area contributed by atoms with Crippen LogP contribution in [0.4, 0.5) is 0 Å². The second-order valence-electron chi connectivity index (χ2n) is 6.65. The van der Waals surface area contributed by atoms with Crippen molar-refractivity contribution in [2.75, 3.05) is 0 Å². The number of carbonyl (C=O) groups is 1. The van der Waals surface area contributed by atoms with Crippen molar-refractivity contribution in [3.05, 3.63) is 46.5 Å². The molecule has 1 fully saturated rings. The molecule has 21 heavy (non-hydrogen) atoms. The summed E-state index contributed by atoms with van der Waals surface area (Å²) in [5.74, 6) is 1.06. The van der Waals surface area contributed by atoms with E-state index >= 15 is 0 Å². The minimum Gasteiger partial charge on any atom is -0.299 e. The first-order valence-corrected chi connectivity index (χ1v) is 8.26. The Morgan fingerprint density at radius 3 is 2.19 bits per heavy atom. The minimum absolute atomic E-state index is 0.188. The van der Waals surface area contributed by atoms with Crippen molar-refractivity contribution >= 4 is 5.78 Å². The van der Waals surface area contributed by atoms with E-state index in [4.69, 9.17) is 0 Å². The Labute approximate surface area is 129 Å². The Morgan fingerprint density at radius 1 is 1.19 bits per heavy atom. The lowest BCUT2D eigenvalue weighted by Crippen LogP contribution is -2.20. The highest BCUT2D eigenvalue weighted by Gasteiger charge is 2.32. The molecule has 0 saturated heterocycles. The Bertz CT molecular complexity index is 528. The molecule has 1 nitrogen and oxygen atoms in total. The van der Waals surface area contributed by atoms with Crippen LogP contribution in [0.3, 0.4) is 0 Å². The predicted octanol–water partition coefficient (Wildman–Crippen LogP) is 4.83. The van der Waals surface area contributed by atoms with Crippen LogP contribution in [0.1, 0.15) is 55.9 Å². The fraction of sp³-hybridized carbons (Fsp3) is 0.550. The highest BCUT2D eigenvalue weighted by atomic mass is 16.1. The molecule has 0 bridgehead atoms. The van der Waals surface area contributed by atoms with Crippen LogP contribution < -0.4 is 0 Å². The number of hydrogen-bond acceptors (Lipinski definition) is 1. The molecular weight excluding hydrogens is 256 g/mol. The topological polar surface area (TPSA) is 17.1 Å². The summed E-state index contributed by atoms with van der Waals surface area (Å²) in [5.41, 5.74) is 6.55. The van der Waals surface area contributed by atoms with Crippen LogP contribution in [0.25, 0.3) is 0 Å². The molecule has 2 unspecified atom stereocenters. The number of Topliss-reactive ketones (excluding diaryl/α,β-unsaturated/α-hetero) is 1. The zero-order chi connectivity index (χ0) is 15.6. The van der Waals surface area contributed by atoms with Crippen LogP contribution in [0.15, 0.2) is 24.3 Å². The minimum atomic E-state index is 0.188. The maximum atomic E-state index is 12.8. The molecule has 0 radical (unpaired) electrons. The standard InChI is InChI=1S/C20H28O/c1-6-16-9-14(4)10-17(7-2)19(16)12-20(21)18-11-13(3)8-15(18)5/h9-10,15,18H,3,6-8,11-12H2,1-2,4-5H3. The zero-order valence-electron chi connectivity index (χ0n) is 14.0. The molecule has 1 saturated carbocycles. The van der Waals surface area contributed by atoms with Gasteiger partial charge in [-0.05, 0) is 55.2 Å². The molecular formula is C20H28O. The largest absolute Gasteiger partial charge is 0.299 e. The molecule has 1 heteroatoms. The van der Waals surface area contributed by atoms with Gasteiger partial charge < -0.3 is 0 Å². The van der Waals surface area contributed by atoms with Crippen molar-refractivity contribution in [2.24, 2.45) is 11.8 Å². The lowest BCUT2D eigenvalue weighted by molar-refractivity contribution is -0.123. The molecule has 0 N–H and O–H groups in total. The van der Waals surface area contributed by atoms with Crippen LogP contribution in [-0.2, 0) is 24.1 Å². The number of aryl methyl sites for hydroxylation is 3. The van der Waals surface area contributed by atoms with Crippen LogP contribution in [0, 0.1) is 18.8 Å². The van der Waals surface area contributed by atoms with Gasteiger partial charge in [-0.1, -0.05) is 50.6 Å². The second-order valence-corrected chi connectivity index (χ2v) is 6.65. The first-order chi connectivity index (χ1) is 9.96. The molecule has 114 valence electrons. The zero-order valence-corrected chi connectivity index (χ0v) is 14.0.